The van der Waals surface area contributed by atoms with Crippen LogP contribution in [0.15, 0.2) is 59.5 Å². The normalized spacial score (nSPS) is 12.7. The molecule has 1 amide bonds. The number of methoxy groups -OCH3 is 2. The maximum atomic E-state index is 13.6. The molecule has 0 spiro atoms. The molecule has 0 aliphatic carbocycles. The standard InChI is InChI=1S/C26H25ClN2O8S/c1-4-36-26(31)19-8-7-18(15-23(19)35-3)28-25(30)16-5-9-21-20(13-16)29(11-12-37-21)38(32,33)24-14-17(27)6-10-22(24)34-2/h5-10,13-15H,4,11-12H2,1-3H3,(H,28,30). The van der Waals surface area contributed by atoms with E-state index in [1.165, 1.54) is 68.8 Å². The molecule has 0 saturated carbocycles. The zero-order valence-corrected chi connectivity index (χ0v) is 22.4. The predicted octanol–water partition coefficient (Wildman–Crippen LogP) is 4.37. The van der Waals surface area contributed by atoms with E-state index in [9.17, 15) is 18.0 Å². The number of esters is 1. The van der Waals surface area contributed by atoms with Crippen molar-refractivity contribution in [2.24, 2.45) is 0 Å². The monoisotopic (exact) mass is 560 g/mol. The number of carbonyl (C=O) groups excluding carboxylic acids is 2. The highest BCUT2D eigenvalue weighted by Gasteiger charge is 2.33. The van der Waals surface area contributed by atoms with Crippen LogP contribution < -0.4 is 23.8 Å². The molecule has 4 rings (SSSR count). The Balaban J connectivity index is 1.65. The summed E-state index contributed by atoms with van der Waals surface area (Å²) >= 11 is 6.08. The lowest BCUT2D eigenvalue weighted by atomic mass is 10.1. The lowest BCUT2D eigenvalue weighted by Crippen LogP contribution is -2.38. The number of nitrogens with zero attached hydrogens (tertiary/aromatic N) is 1. The van der Waals surface area contributed by atoms with Crippen LogP contribution in [0.3, 0.4) is 0 Å². The maximum absolute atomic E-state index is 13.6. The Bertz CT molecular complexity index is 1490. The second-order valence-electron chi connectivity index (χ2n) is 7.99. The summed E-state index contributed by atoms with van der Waals surface area (Å²) in [7, 11) is -1.35. The molecule has 12 heteroatoms. The average Bonchev–Trinajstić information content (AvgIpc) is 2.92. The highest BCUT2D eigenvalue weighted by atomic mass is 35.5. The molecule has 0 aromatic heterocycles. The van der Waals surface area contributed by atoms with Gasteiger partial charge in [-0.1, -0.05) is 11.6 Å². The summed E-state index contributed by atoms with van der Waals surface area (Å²) in [6.45, 7) is 2.04. The van der Waals surface area contributed by atoms with Crippen molar-refractivity contribution in [2.75, 3.05) is 43.6 Å². The van der Waals surface area contributed by atoms with Crippen LogP contribution >= 0.6 is 11.6 Å². The number of anilines is 2. The van der Waals surface area contributed by atoms with Crippen molar-refractivity contribution in [2.45, 2.75) is 11.8 Å². The minimum atomic E-state index is -4.12. The van der Waals surface area contributed by atoms with Gasteiger partial charge in [0.05, 0.1) is 33.1 Å². The number of ether oxygens (including phenoxy) is 4. The first kappa shape index (κ1) is 27.1. The minimum Gasteiger partial charge on any atom is -0.496 e. The Morgan fingerprint density at radius 2 is 1.79 bits per heavy atom. The molecule has 1 aliphatic heterocycles. The number of amides is 1. The molecule has 1 aliphatic rings. The number of fused-ring (bicyclic) bond motifs is 1. The summed E-state index contributed by atoms with van der Waals surface area (Å²) < 4.78 is 49.6. The Labute approximate surface area is 225 Å². The molecule has 3 aromatic rings. The van der Waals surface area contributed by atoms with E-state index in [0.717, 1.165) is 4.31 Å². The fourth-order valence-electron chi connectivity index (χ4n) is 3.90. The van der Waals surface area contributed by atoms with Gasteiger partial charge in [-0.25, -0.2) is 13.2 Å². The molecule has 0 saturated heterocycles. The smallest absolute Gasteiger partial charge is 0.341 e. The van der Waals surface area contributed by atoms with E-state index in [1.54, 1.807) is 6.92 Å². The summed E-state index contributed by atoms with van der Waals surface area (Å²) in [5, 5.41) is 2.96. The van der Waals surface area contributed by atoms with Crippen molar-refractivity contribution in [3.8, 4) is 17.2 Å². The van der Waals surface area contributed by atoms with Gasteiger partial charge in [0.2, 0.25) is 0 Å². The molecule has 200 valence electrons. The molecule has 0 radical (unpaired) electrons. The predicted molar refractivity (Wildman–Crippen MR) is 141 cm³/mol. The van der Waals surface area contributed by atoms with Crippen molar-refractivity contribution in [1.82, 2.24) is 0 Å². The van der Waals surface area contributed by atoms with Crippen LogP contribution in [0.5, 0.6) is 17.2 Å². The van der Waals surface area contributed by atoms with E-state index < -0.39 is 21.9 Å². The van der Waals surface area contributed by atoms with Gasteiger partial charge in [-0.05, 0) is 55.5 Å². The molecular weight excluding hydrogens is 536 g/mol. The van der Waals surface area contributed by atoms with Crippen LogP contribution in [-0.2, 0) is 14.8 Å². The number of halogens is 1. The average molecular weight is 561 g/mol. The van der Waals surface area contributed by atoms with Gasteiger partial charge >= 0.3 is 5.97 Å². The number of hydrogen-bond donors (Lipinski definition) is 1. The summed E-state index contributed by atoms with van der Waals surface area (Å²) in [5.74, 6) is -0.390. The molecule has 1 N–H and O–H groups in total. The number of benzene rings is 3. The van der Waals surface area contributed by atoms with Crippen LogP contribution in [0.25, 0.3) is 0 Å². The summed E-state index contributed by atoms with van der Waals surface area (Å²) in [4.78, 5) is 25.1. The van der Waals surface area contributed by atoms with E-state index in [1.807, 2.05) is 0 Å². The molecule has 0 atom stereocenters. The first-order valence-electron chi connectivity index (χ1n) is 11.5. The zero-order chi connectivity index (χ0) is 27.4. The SMILES string of the molecule is CCOC(=O)c1ccc(NC(=O)c2ccc3c(c2)N(S(=O)(=O)c2cc(Cl)ccc2OC)CCO3)cc1OC. The maximum Gasteiger partial charge on any atom is 0.341 e. The third kappa shape index (κ3) is 5.34. The van der Waals surface area contributed by atoms with Crippen LogP contribution in [0.4, 0.5) is 11.4 Å². The van der Waals surface area contributed by atoms with Gasteiger partial charge in [0.15, 0.2) is 0 Å². The van der Waals surface area contributed by atoms with Crippen molar-refractivity contribution >= 4 is 44.9 Å². The third-order valence-corrected chi connectivity index (χ3v) is 7.76. The molecular formula is C26H25ClN2O8S. The molecule has 0 fully saturated rings. The Morgan fingerprint density at radius 1 is 1.03 bits per heavy atom. The quantitative estimate of drug-likeness (QED) is 0.403. The first-order valence-corrected chi connectivity index (χ1v) is 13.3. The first-order chi connectivity index (χ1) is 18.2. The third-order valence-electron chi connectivity index (χ3n) is 5.69. The molecule has 10 nitrogen and oxygen atoms in total. The molecule has 38 heavy (non-hydrogen) atoms. The van der Waals surface area contributed by atoms with E-state index in [-0.39, 0.29) is 58.0 Å². The van der Waals surface area contributed by atoms with Gasteiger partial charge in [0, 0.05) is 22.3 Å². The van der Waals surface area contributed by atoms with Crippen molar-refractivity contribution < 1.29 is 37.0 Å². The zero-order valence-electron chi connectivity index (χ0n) is 20.8. The number of sulfonamides is 1. The van der Waals surface area contributed by atoms with Gasteiger partial charge in [0.25, 0.3) is 15.9 Å². The topological polar surface area (TPSA) is 120 Å². The largest absolute Gasteiger partial charge is 0.496 e. The van der Waals surface area contributed by atoms with Crippen LogP contribution in [-0.4, -0.2) is 54.3 Å². The minimum absolute atomic E-state index is 0.0165. The summed E-state index contributed by atoms with van der Waals surface area (Å²) in [6.07, 6.45) is 0. The highest BCUT2D eigenvalue weighted by molar-refractivity contribution is 7.93. The van der Waals surface area contributed by atoms with Gasteiger partial charge in [-0.2, -0.15) is 0 Å². The van der Waals surface area contributed by atoms with E-state index >= 15 is 0 Å². The van der Waals surface area contributed by atoms with E-state index in [0.29, 0.717) is 11.4 Å². The Kier molecular flexibility index (Phi) is 7.98. The molecule has 3 aromatic carbocycles. The van der Waals surface area contributed by atoms with Gasteiger partial charge < -0.3 is 24.3 Å². The summed E-state index contributed by atoms with van der Waals surface area (Å²) in [5.41, 5.74) is 0.958. The number of carbonyl (C=O) groups is 2. The van der Waals surface area contributed by atoms with Crippen LogP contribution in [0.2, 0.25) is 5.02 Å². The Hall–Kier alpha value is -3.96. The van der Waals surface area contributed by atoms with E-state index in [2.05, 4.69) is 5.32 Å². The van der Waals surface area contributed by atoms with Crippen molar-refractivity contribution in [3.05, 3.63) is 70.7 Å². The van der Waals surface area contributed by atoms with Crippen LogP contribution in [0, 0.1) is 0 Å². The highest BCUT2D eigenvalue weighted by Crippen LogP contribution is 2.39. The molecule has 0 unspecified atom stereocenters. The Morgan fingerprint density at radius 3 is 2.50 bits per heavy atom. The molecule has 1 heterocycles. The van der Waals surface area contributed by atoms with Crippen molar-refractivity contribution in [3.63, 3.8) is 0 Å². The van der Waals surface area contributed by atoms with Crippen LogP contribution in [0.1, 0.15) is 27.6 Å². The molecule has 0 bridgehead atoms. The fraction of sp³-hybridized carbons (Fsp3) is 0.231. The lowest BCUT2D eigenvalue weighted by Gasteiger charge is -2.31. The van der Waals surface area contributed by atoms with Crippen molar-refractivity contribution in [1.29, 1.82) is 0 Å². The number of nitrogens with one attached hydrogen (secondary N) is 1. The second-order valence-corrected chi connectivity index (χ2v) is 10.3. The fourth-order valence-corrected chi connectivity index (χ4v) is 5.78. The summed E-state index contributed by atoms with van der Waals surface area (Å²) in [6, 6.07) is 13.3. The second kappa shape index (κ2) is 11.2. The number of hydrogen-bond acceptors (Lipinski definition) is 8. The lowest BCUT2D eigenvalue weighted by molar-refractivity contribution is 0.0522. The number of rotatable bonds is 8. The van der Waals surface area contributed by atoms with Gasteiger partial charge in [-0.15, -0.1) is 0 Å². The van der Waals surface area contributed by atoms with Gasteiger partial charge in [-0.3, -0.25) is 9.10 Å². The van der Waals surface area contributed by atoms with Gasteiger partial charge in [0.1, 0.15) is 34.3 Å². The van der Waals surface area contributed by atoms with E-state index in [4.69, 9.17) is 30.5 Å².